The molecule has 0 aliphatic carbocycles. The van der Waals surface area contributed by atoms with Crippen molar-refractivity contribution in [1.29, 1.82) is 0 Å². The van der Waals surface area contributed by atoms with Gasteiger partial charge in [-0.25, -0.2) is 4.79 Å². The number of nitro benzene ring substituents is 1. The molecule has 6 heteroatoms. The lowest BCUT2D eigenvalue weighted by Gasteiger charge is -2.01. The molecule has 0 atom stereocenters. The largest absolute Gasteiger partial charge is 0.495 e. The SMILES string of the molecule is COC(=O)C#Cc1cc([N+](=O)[O-])ccc1OC. The number of benzene rings is 1. The number of ether oxygens (including phenoxy) is 2. The first-order valence-electron chi connectivity index (χ1n) is 4.51. The lowest BCUT2D eigenvalue weighted by atomic mass is 10.2. The molecule has 0 aliphatic heterocycles. The number of nitrogens with zero attached hydrogens (tertiary/aromatic N) is 1. The van der Waals surface area contributed by atoms with Crippen LogP contribution in [0.3, 0.4) is 0 Å². The van der Waals surface area contributed by atoms with Gasteiger partial charge in [0.1, 0.15) is 5.75 Å². The number of carbonyl (C=O) groups is 1. The van der Waals surface area contributed by atoms with Crippen molar-refractivity contribution in [1.82, 2.24) is 0 Å². The number of methoxy groups -OCH3 is 2. The number of esters is 1. The Morgan fingerprint density at radius 3 is 2.65 bits per heavy atom. The van der Waals surface area contributed by atoms with Crippen LogP contribution in [-0.4, -0.2) is 25.1 Å². The average Bonchev–Trinajstić information content (AvgIpc) is 2.35. The Balaban J connectivity index is 3.17. The van der Waals surface area contributed by atoms with Gasteiger partial charge < -0.3 is 9.47 Å². The van der Waals surface area contributed by atoms with Crippen molar-refractivity contribution in [3.63, 3.8) is 0 Å². The topological polar surface area (TPSA) is 78.7 Å². The highest BCUT2D eigenvalue weighted by atomic mass is 16.6. The molecular formula is C11H9NO5. The van der Waals surface area contributed by atoms with E-state index in [1.54, 1.807) is 0 Å². The van der Waals surface area contributed by atoms with Crippen LogP contribution in [0.4, 0.5) is 5.69 Å². The standard InChI is InChI=1S/C11H9NO5/c1-16-10-5-4-9(12(14)15)7-8(10)3-6-11(13)17-2/h4-5,7H,1-2H3. The molecule has 1 rings (SSSR count). The second kappa shape index (κ2) is 5.51. The second-order valence-corrected chi connectivity index (χ2v) is 2.88. The summed E-state index contributed by atoms with van der Waals surface area (Å²) in [7, 11) is 2.60. The van der Waals surface area contributed by atoms with Gasteiger partial charge in [0.25, 0.3) is 5.69 Å². The van der Waals surface area contributed by atoms with Gasteiger partial charge in [0.2, 0.25) is 0 Å². The van der Waals surface area contributed by atoms with E-state index in [9.17, 15) is 14.9 Å². The molecule has 88 valence electrons. The number of non-ortho nitro benzene ring substituents is 1. The molecule has 0 bridgehead atoms. The quantitative estimate of drug-likeness (QED) is 0.332. The van der Waals surface area contributed by atoms with Crippen molar-refractivity contribution >= 4 is 11.7 Å². The number of hydrogen-bond donors (Lipinski definition) is 0. The lowest BCUT2D eigenvalue weighted by Crippen LogP contribution is -1.96. The van der Waals surface area contributed by atoms with Gasteiger partial charge in [-0.15, -0.1) is 0 Å². The molecule has 0 radical (unpaired) electrons. The summed E-state index contributed by atoms with van der Waals surface area (Å²) >= 11 is 0. The fraction of sp³-hybridized carbons (Fsp3) is 0.182. The normalized spacial score (nSPS) is 8.82. The van der Waals surface area contributed by atoms with Crippen LogP contribution < -0.4 is 4.74 Å². The Morgan fingerprint density at radius 1 is 1.41 bits per heavy atom. The van der Waals surface area contributed by atoms with Crippen LogP contribution in [0.5, 0.6) is 5.75 Å². The first-order valence-corrected chi connectivity index (χ1v) is 4.51. The molecule has 17 heavy (non-hydrogen) atoms. The predicted molar refractivity (Wildman–Crippen MR) is 58.5 cm³/mol. The van der Waals surface area contributed by atoms with Crippen LogP contribution in [0.25, 0.3) is 0 Å². The van der Waals surface area contributed by atoms with Crippen LogP contribution in [0.1, 0.15) is 5.56 Å². The van der Waals surface area contributed by atoms with Crippen molar-refractivity contribution in [3.05, 3.63) is 33.9 Å². The minimum atomic E-state index is -0.724. The monoisotopic (exact) mass is 235 g/mol. The highest BCUT2D eigenvalue weighted by Crippen LogP contribution is 2.22. The molecule has 0 fully saturated rings. The van der Waals surface area contributed by atoms with Gasteiger partial charge in [0.05, 0.1) is 24.7 Å². The van der Waals surface area contributed by atoms with Gasteiger partial charge in [-0.1, -0.05) is 5.92 Å². The first-order chi connectivity index (χ1) is 8.08. The summed E-state index contributed by atoms with van der Waals surface area (Å²) in [5.74, 6) is 4.26. The average molecular weight is 235 g/mol. The molecule has 1 aromatic carbocycles. The van der Waals surface area contributed by atoms with Gasteiger partial charge >= 0.3 is 5.97 Å². The molecule has 0 unspecified atom stereocenters. The molecule has 0 saturated carbocycles. The Bertz CT molecular complexity index is 512. The molecule has 0 heterocycles. The number of carbonyl (C=O) groups excluding carboxylic acids is 1. The van der Waals surface area contributed by atoms with Crippen LogP contribution in [0.15, 0.2) is 18.2 Å². The summed E-state index contributed by atoms with van der Waals surface area (Å²) in [5, 5.41) is 10.6. The maximum atomic E-state index is 10.8. The molecule has 1 aromatic rings. The third kappa shape index (κ3) is 3.21. The van der Waals surface area contributed by atoms with Crippen LogP contribution in [-0.2, 0) is 9.53 Å². The Labute approximate surface area is 97.3 Å². The zero-order valence-corrected chi connectivity index (χ0v) is 9.22. The number of hydrogen-bond acceptors (Lipinski definition) is 5. The van der Waals surface area contributed by atoms with E-state index in [4.69, 9.17) is 4.74 Å². The molecular weight excluding hydrogens is 226 g/mol. The minimum absolute atomic E-state index is 0.125. The van der Waals surface area contributed by atoms with Crippen LogP contribution >= 0.6 is 0 Å². The van der Waals surface area contributed by atoms with Gasteiger partial charge in [-0.2, -0.15) is 0 Å². The third-order valence-electron chi connectivity index (χ3n) is 1.88. The maximum absolute atomic E-state index is 10.8. The summed E-state index contributed by atoms with van der Waals surface area (Å²) in [6, 6.07) is 3.94. The fourth-order valence-corrected chi connectivity index (χ4v) is 1.08. The molecule has 6 nitrogen and oxygen atoms in total. The van der Waals surface area contributed by atoms with E-state index in [1.807, 2.05) is 0 Å². The van der Waals surface area contributed by atoms with Crippen molar-refractivity contribution in [3.8, 4) is 17.6 Å². The zero-order chi connectivity index (χ0) is 12.8. The number of nitro groups is 1. The molecule has 0 saturated heterocycles. The smallest absolute Gasteiger partial charge is 0.384 e. The first kappa shape index (κ1) is 12.5. The summed E-state index contributed by atoms with van der Waals surface area (Å²) in [6.07, 6.45) is 0. The Morgan fingerprint density at radius 2 is 2.12 bits per heavy atom. The van der Waals surface area contributed by atoms with Crippen molar-refractivity contribution in [2.45, 2.75) is 0 Å². The number of rotatable bonds is 2. The van der Waals surface area contributed by atoms with Gasteiger partial charge in [0.15, 0.2) is 0 Å². The van der Waals surface area contributed by atoms with Gasteiger partial charge in [0, 0.05) is 18.1 Å². The van der Waals surface area contributed by atoms with Crippen molar-refractivity contribution < 1.29 is 19.2 Å². The fourth-order valence-electron chi connectivity index (χ4n) is 1.08. The predicted octanol–water partition coefficient (Wildman–Crippen LogP) is 1.13. The Hall–Kier alpha value is -2.55. The van der Waals surface area contributed by atoms with Crippen LogP contribution in [0, 0.1) is 22.0 Å². The van der Waals surface area contributed by atoms with E-state index in [2.05, 4.69) is 16.6 Å². The van der Waals surface area contributed by atoms with Gasteiger partial charge in [-0.3, -0.25) is 10.1 Å². The summed E-state index contributed by atoms with van der Waals surface area (Å²) in [6.45, 7) is 0. The maximum Gasteiger partial charge on any atom is 0.384 e. The van der Waals surface area contributed by atoms with E-state index in [0.717, 1.165) is 0 Å². The van der Waals surface area contributed by atoms with Crippen molar-refractivity contribution in [2.75, 3.05) is 14.2 Å². The second-order valence-electron chi connectivity index (χ2n) is 2.88. The summed E-state index contributed by atoms with van der Waals surface area (Å²) in [4.78, 5) is 20.9. The molecule has 0 amide bonds. The van der Waals surface area contributed by atoms with E-state index in [1.165, 1.54) is 32.4 Å². The molecule has 0 aromatic heterocycles. The Kier molecular flexibility index (Phi) is 4.06. The van der Waals surface area contributed by atoms with Crippen molar-refractivity contribution in [2.24, 2.45) is 0 Å². The highest BCUT2D eigenvalue weighted by Gasteiger charge is 2.09. The molecule has 0 spiro atoms. The van der Waals surface area contributed by atoms with E-state index in [0.29, 0.717) is 5.75 Å². The summed E-state index contributed by atoms with van der Waals surface area (Å²) < 4.78 is 9.30. The van der Waals surface area contributed by atoms with Crippen LogP contribution in [0.2, 0.25) is 0 Å². The molecule has 0 aliphatic rings. The van der Waals surface area contributed by atoms with E-state index in [-0.39, 0.29) is 11.3 Å². The third-order valence-corrected chi connectivity index (χ3v) is 1.88. The van der Waals surface area contributed by atoms with Gasteiger partial charge in [-0.05, 0) is 6.07 Å². The molecule has 0 N–H and O–H groups in total. The summed E-state index contributed by atoms with van der Waals surface area (Å²) in [5.41, 5.74) is 0.132. The minimum Gasteiger partial charge on any atom is -0.495 e. The zero-order valence-electron chi connectivity index (χ0n) is 9.22. The van der Waals surface area contributed by atoms with E-state index < -0.39 is 10.9 Å². The lowest BCUT2D eigenvalue weighted by molar-refractivity contribution is -0.384. The van der Waals surface area contributed by atoms with E-state index >= 15 is 0 Å². The highest BCUT2D eigenvalue weighted by molar-refractivity contribution is 5.89.